The number of carbonyl (C=O) groups excluding carboxylic acids is 1. The highest BCUT2D eigenvalue weighted by Gasteiger charge is 2.06. The molecule has 4 N–H and O–H groups in total. The third-order valence-corrected chi connectivity index (χ3v) is 2.81. The Hall–Kier alpha value is -2.46. The molecule has 0 aliphatic heterocycles. The van der Waals surface area contributed by atoms with Crippen molar-refractivity contribution in [1.29, 1.82) is 0 Å². The Morgan fingerprint density at radius 1 is 1.00 bits per heavy atom. The standard InChI is InChI=1S/C15H14ClN3O/c16-14(10-18-12-8-6-11(17)7-9-12)15(20)19-13-4-2-1-3-5-13/h1-10,18H,17H2,(H,19,20)/b14-10-. The molecule has 4 nitrogen and oxygen atoms in total. The Kier molecular flexibility index (Phi) is 4.63. The van der Waals surface area contributed by atoms with Crippen LogP contribution >= 0.6 is 11.6 Å². The van der Waals surface area contributed by atoms with E-state index in [4.69, 9.17) is 17.3 Å². The number of hydrogen-bond acceptors (Lipinski definition) is 3. The van der Waals surface area contributed by atoms with Crippen LogP contribution in [0, 0.1) is 0 Å². The number of halogens is 1. The van der Waals surface area contributed by atoms with E-state index in [9.17, 15) is 4.79 Å². The minimum Gasteiger partial charge on any atom is -0.399 e. The number of anilines is 3. The average Bonchev–Trinajstić information content (AvgIpc) is 2.47. The highest BCUT2D eigenvalue weighted by Crippen LogP contribution is 2.13. The quantitative estimate of drug-likeness (QED) is 0.596. The lowest BCUT2D eigenvalue weighted by atomic mass is 10.3. The van der Waals surface area contributed by atoms with Crippen molar-refractivity contribution in [3.8, 4) is 0 Å². The maximum absolute atomic E-state index is 11.8. The molecule has 0 spiro atoms. The van der Waals surface area contributed by atoms with Gasteiger partial charge in [0, 0.05) is 23.3 Å². The van der Waals surface area contributed by atoms with E-state index in [-0.39, 0.29) is 10.9 Å². The first-order valence-electron chi connectivity index (χ1n) is 5.99. The lowest BCUT2D eigenvalue weighted by molar-refractivity contribution is -0.112. The van der Waals surface area contributed by atoms with Gasteiger partial charge in [0.05, 0.1) is 0 Å². The maximum Gasteiger partial charge on any atom is 0.268 e. The fourth-order valence-corrected chi connectivity index (χ4v) is 1.61. The third-order valence-electron chi connectivity index (χ3n) is 2.52. The van der Waals surface area contributed by atoms with E-state index in [2.05, 4.69) is 10.6 Å². The maximum atomic E-state index is 11.8. The van der Waals surface area contributed by atoms with Crippen LogP contribution in [-0.2, 0) is 4.79 Å². The van der Waals surface area contributed by atoms with Crippen molar-refractivity contribution < 1.29 is 4.79 Å². The molecule has 2 aromatic carbocycles. The fourth-order valence-electron chi connectivity index (χ4n) is 1.50. The van der Waals surface area contributed by atoms with E-state index in [1.165, 1.54) is 6.20 Å². The minimum atomic E-state index is -0.374. The topological polar surface area (TPSA) is 67.1 Å². The average molecular weight is 288 g/mol. The van der Waals surface area contributed by atoms with Crippen molar-refractivity contribution in [3.05, 3.63) is 65.8 Å². The molecule has 0 heterocycles. The van der Waals surface area contributed by atoms with Gasteiger partial charge in [-0.05, 0) is 36.4 Å². The zero-order valence-corrected chi connectivity index (χ0v) is 11.4. The molecule has 0 aromatic heterocycles. The second-order valence-electron chi connectivity index (χ2n) is 4.08. The summed E-state index contributed by atoms with van der Waals surface area (Å²) in [6, 6.07) is 16.2. The van der Waals surface area contributed by atoms with Gasteiger partial charge >= 0.3 is 0 Å². The molecular weight excluding hydrogens is 274 g/mol. The van der Waals surface area contributed by atoms with E-state index in [0.717, 1.165) is 5.69 Å². The van der Waals surface area contributed by atoms with Crippen molar-refractivity contribution in [3.63, 3.8) is 0 Å². The van der Waals surface area contributed by atoms with E-state index < -0.39 is 0 Å². The molecule has 20 heavy (non-hydrogen) atoms. The zero-order chi connectivity index (χ0) is 14.4. The summed E-state index contributed by atoms with van der Waals surface area (Å²) in [4.78, 5) is 11.8. The second kappa shape index (κ2) is 6.63. The number of carbonyl (C=O) groups is 1. The predicted molar refractivity (Wildman–Crippen MR) is 83.5 cm³/mol. The number of hydrogen-bond donors (Lipinski definition) is 3. The summed E-state index contributed by atoms with van der Waals surface area (Å²) in [5, 5.41) is 5.68. The smallest absolute Gasteiger partial charge is 0.268 e. The summed E-state index contributed by atoms with van der Waals surface area (Å²) >= 11 is 5.92. The van der Waals surface area contributed by atoms with Crippen molar-refractivity contribution in [2.75, 3.05) is 16.4 Å². The SMILES string of the molecule is Nc1ccc(N/C=C(\Cl)C(=O)Nc2ccccc2)cc1. The number of rotatable bonds is 4. The van der Waals surface area contributed by atoms with Crippen LogP contribution in [0.4, 0.5) is 17.1 Å². The van der Waals surface area contributed by atoms with E-state index >= 15 is 0 Å². The molecule has 2 aromatic rings. The van der Waals surface area contributed by atoms with Gasteiger partial charge in [0.1, 0.15) is 5.03 Å². The molecule has 2 rings (SSSR count). The molecule has 0 aliphatic carbocycles. The molecule has 0 saturated heterocycles. The normalized spacial score (nSPS) is 10.9. The molecule has 5 heteroatoms. The number of benzene rings is 2. The largest absolute Gasteiger partial charge is 0.399 e. The number of nitrogens with one attached hydrogen (secondary N) is 2. The Morgan fingerprint density at radius 2 is 1.65 bits per heavy atom. The molecule has 0 radical (unpaired) electrons. The minimum absolute atomic E-state index is 0.0608. The summed E-state index contributed by atoms with van der Waals surface area (Å²) < 4.78 is 0. The zero-order valence-electron chi connectivity index (χ0n) is 10.6. The molecule has 0 fully saturated rings. The van der Waals surface area contributed by atoms with Crippen LogP contribution < -0.4 is 16.4 Å². The van der Waals surface area contributed by atoms with Crippen molar-refractivity contribution in [1.82, 2.24) is 0 Å². The van der Waals surface area contributed by atoms with Crippen LogP contribution in [0.3, 0.4) is 0 Å². The van der Waals surface area contributed by atoms with Gasteiger partial charge in [0.15, 0.2) is 0 Å². The van der Waals surface area contributed by atoms with Gasteiger partial charge in [-0.15, -0.1) is 0 Å². The summed E-state index contributed by atoms with van der Waals surface area (Å²) in [5.74, 6) is -0.374. The van der Waals surface area contributed by atoms with Crippen LogP contribution in [-0.4, -0.2) is 5.91 Å². The second-order valence-corrected chi connectivity index (χ2v) is 4.49. The summed E-state index contributed by atoms with van der Waals surface area (Å²) in [7, 11) is 0. The van der Waals surface area contributed by atoms with Gasteiger partial charge in [0.2, 0.25) is 0 Å². The monoisotopic (exact) mass is 287 g/mol. The van der Waals surface area contributed by atoms with Gasteiger partial charge in [-0.25, -0.2) is 0 Å². The van der Waals surface area contributed by atoms with Gasteiger partial charge in [-0.1, -0.05) is 29.8 Å². The summed E-state index contributed by atoms with van der Waals surface area (Å²) in [5.41, 5.74) is 7.74. The van der Waals surface area contributed by atoms with Crippen molar-refractivity contribution in [2.45, 2.75) is 0 Å². The predicted octanol–water partition coefficient (Wildman–Crippen LogP) is 3.40. The van der Waals surface area contributed by atoms with E-state index in [1.54, 1.807) is 36.4 Å². The molecular formula is C15H14ClN3O. The number of nitrogens with two attached hydrogens (primary N) is 1. The Balaban J connectivity index is 1.96. The molecule has 0 aliphatic rings. The molecule has 0 saturated carbocycles. The van der Waals surface area contributed by atoms with Crippen LogP contribution in [0.15, 0.2) is 65.8 Å². The highest BCUT2D eigenvalue weighted by molar-refractivity contribution is 6.43. The highest BCUT2D eigenvalue weighted by atomic mass is 35.5. The van der Waals surface area contributed by atoms with Crippen LogP contribution in [0.5, 0.6) is 0 Å². The van der Waals surface area contributed by atoms with Gasteiger partial charge in [-0.2, -0.15) is 0 Å². The van der Waals surface area contributed by atoms with Gasteiger partial charge < -0.3 is 16.4 Å². The Bertz CT molecular complexity index is 609. The van der Waals surface area contributed by atoms with Crippen LogP contribution in [0.25, 0.3) is 0 Å². The first-order valence-corrected chi connectivity index (χ1v) is 6.37. The fraction of sp³-hybridized carbons (Fsp3) is 0. The molecule has 0 bridgehead atoms. The lowest BCUT2D eigenvalue weighted by Gasteiger charge is -2.05. The number of nitrogen functional groups attached to an aromatic ring is 1. The Morgan fingerprint density at radius 3 is 2.30 bits per heavy atom. The Labute approximate surface area is 122 Å². The third kappa shape index (κ3) is 4.03. The lowest BCUT2D eigenvalue weighted by Crippen LogP contribution is -2.12. The number of para-hydroxylation sites is 1. The van der Waals surface area contributed by atoms with Crippen LogP contribution in [0.2, 0.25) is 0 Å². The molecule has 1 amide bonds. The first-order chi connectivity index (χ1) is 9.65. The van der Waals surface area contributed by atoms with Gasteiger partial charge in [-0.3, -0.25) is 4.79 Å². The summed E-state index contributed by atoms with van der Waals surface area (Å²) in [6.07, 6.45) is 1.44. The first kappa shape index (κ1) is 14.0. The van der Waals surface area contributed by atoms with Crippen LogP contribution in [0.1, 0.15) is 0 Å². The molecule has 0 unspecified atom stereocenters. The van der Waals surface area contributed by atoms with Crippen molar-refractivity contribution >= 4 is 34.6 Å². The van der Waals surface area contributed by atoms with E-state index in [1.807, 2.05) is 18.2 Å². The number of amides is 1. The van der Waals surface area contributed by atoms with Gasteiger partial charge in [0.25, 0.3) is 5.91 Å². The van der Waals surface area contributed by atoms with Crippen molar-refractivity contribution in [2.24, 2.45) is 0 Å². The summed E-state index contributed by atoms with van der Waals surface area (Å²) in [6.45, 7) is 0. The molecule has 102 valence electrons. The van der Waals surface area contributed by atoms with E-state index in [0.29, 0.717) is 11.4 Å². The molecule has 0 atom stereocenters.